The van der Waals surface area contributed by atoms with Crippen LogP contribution in [0.2, 0.25) is 0 Å². The fraction of sp³-hybridized carbons (Fsp3) is 0.333. The first-order valence-corrected chi connectivity index (χ1v) is 8.96. The van der Waals surface area contributed by atoms with Crippen molar-refractivity contribution in [2.75, 3.05) is 14.1 Å². The van der Waals surface area contributed by atoms with Gasteiger partial charge in [0, 0.05) is 14.1 Å². The molecule has 0 heterocycles. The van der Waals surface area contributed by atoms with Crippen molar-refractivity contribution in [3.63, 3.8) is 0 Å². The Morgan fingerprint density at radius 1 is 0.955 bits per heavy atom. The normalized spacial score (nSPS) is 17.7. The second-order valence-corrected chi connectivity index (χ2v) is 8.46. The van der Waals surface area contributed by atoms with Gasteiger partial charge in [-0.3, -0.25) is 0 Å². The van der Waals surface area contributed by atoms with Gasteiger partial charge in [-0.1, -0.05) is 37.3 Å². The minimum atomic E-state index is -3.39. The van der Waals surface area contributed by atoms with Crippen molar-refractivity contribution in [1.82, 2.24) is 4.31 Å². The highest BCUT2D eigenvalue weighted by Gasteiger charge is 2.20. The van der Waals surface area contributed by atoms with E-state index in [-0.39, 0.29) is 0 Å². The van der Waals surface area contributed by atoms with Gasteiger partial charge < -0.3 is 0 Å². The number of hydrogen-bond donors (Lipinski definition) is 0. The molecule has 0 bridgehead atoms. The molecule has 1 atom stereocenters. The van der Waals surface area contributed by atoms with Gasteiger partial charge in [-0.15, -0.1) is 0 Å². The Kier molecular flexibility index (Phi) is 3.83. The van der Waals surface area contributed by atoms with E-state index in [1.165, 1.54) is 15.4 Å². The molecule has 4 heteroatoms. The first-order valence-electron chi connectivity index (χ1n) is 7.52. The third-order valence-corrected chi connectivity index (χ3v) is 6.10. The van der Waals surface area contributed by atoms with Crippen LogP contribution in [0.4, 0.5) is 0 Å². The predicted octanol–water partition coefficient (Wildman–Crippen LogP) is 3.34. The van der Waals surface area contributed by atoms with Gasteiger partial charge in [-0.2, -0.15) is 0 Å². The molecule has 3 rings (SSSR count). The highest BCUT2D eigenvalue weighted by Crippen LogP contribution is 2.31. The molecule has 0 saturated heterocycles. The second-order valence-electron chi connectivity index (χ2n) is 6.31. The standard InChI is InChI=1S/C18H21NO2S/c1-13-9-15-7-8-16(11-17(15)10-13)14-5-4-6-18(12-14)22(20,21)19(2)3/h4-8,11-13H,9-10H2,1-3H3. The predicted molar refractivity (Wildman–Crippen MR) is 89.3 cm³/mol. The molecule has 116 valence electrons. The molecule has 0 aromatic heterocycles. The van der Waals surface area contributed by atoms with E-state index in [1.54, 1.807) is 26.2 Å². The average Bonchev–Trinajstić information content (AvgIpc) is 2.86. The molecule has 2 aromatic rings. The summed E-state index contributed by atoms with van der Waals surface area (Å²) in [5, 5.41) is 0. The van der Waals surface area contributed by atoms with Crippen LogP contribution >= 0.6 is 0 Å². The van der Waals surface area contributed by atoms with E-state index in [0.29, 0.717) is 10.8 Å². The van der Waals surface area contributed by atoms with Crippen LogP contribution in [0, 0.1) is 5.92 Å². The summed E-state index contributed by atoms with van der Waals surface area (Å²) in [6, 6.07) is 13.7. The average molecular weight is 315 g/mol. The maximum atomic E-state index is 12.3. The van der Waals surface area contributed by atoms with Crippen molar-refractivity contribution in [2.45, 2.75) is 24.7 Å². The Morgan fingerprint density at radius 3 is 2.36 bits per heavy atom. The topological polar surface area (TPSA) is 37.4 Å². The lowest BCUT2D eigenvalue weighted by atomic mass is 10.0. The molecular formula is C18H21NO2S. The molecule has 0 fully saturated rings. The number of benzene rings is 2. The molecule has 0 aliphatic heterocycles. The summed E-state index contributed by atoms with van der Waals surface area (Å²) in [5.41, 5.74) is 4.85. The van der Waals surface area contributed by atoms with Crippen LogP contribution in [-0.2, 0) is 22.9 Å². The monoisotopic (exact) mass is 315 g/mol. The summed E-state index contributed by atoms with van der Waals surface area (Å²) in [6.07, 6.45) is 2.25. The Hall–Kier alpha value is -1.65. The third kappa shape index (κ3) is 2.69. The van der Waals surface area contributed by atoms with E-state index in [4.69, 9.17) is 0 Å². The summed E-state index contributed by atoms with van der Waals surface area (Å²) in [7, 11) is -0.286. The fourth-order valence-electron chi connectivity index (χ4n) is 3.06. The third-order valence-electron chi connectivity index (χ3n) is 4.29. The summed E-state index contributed by atoms with van der Waals surface area (Å²) in [4.78, 5) is 0.337. The van der Waals surface area contributed by atoms with Crippen molar-refractivity contribution in [2.24, 2.45) is 5.92 Å². The van der Waals surface area contributed by atoms with Crippen molar-refractivity contribution >= 4 is 10.0 Å². The second kappa shape index (κ2) is 5.52. The Balaban J connectivity index is 2.02. The maximum absolute atomic E-state index is 12.3. The minimum Gasteiger partial charge on any atom is -0.207 e. The zero-order chi connectivity index (χ0) is 15.9. The highest BCUT2D eigenvalue weighted by molar-refractivity contribution is 7.89. The molecule has 22 heavy (non-hydrogen) atoms. The first kappa shape index (κ1) is 15.3. The summed E-state index contributed by atoms with van der Waals surface area (Å²) in [5.74, 6) is 0.700. The molecule has 1 unspecified atom stereocenters. The van der Waals surface area contributed by atoms with Crippen LogP contribution in [0.15, 0.2) is 47.4 Å². The molecule has 1 aliphatic rings. The van der Waals surface area contributed by atoms with Gasteiger partial charge in [-0.05, 0) is 53.1 Å². The van der Waals surface area contributed by atoms with Crippen LogP contribution in [0.3, 0.4) is 0 Å². The van der Waals surface area contributed by atoms with Crippen LogP contribution in [0.5, 0.6) is 0 Å². The Morgan fingerprint density at radius 2 is 1.64 bits per heavy atom. The van der Waals surface area contributed by atoms with Gasteiger partial charge in [-0.25, -0.2) is 12.7 Å². The SMILES string of the molecule is CC1Cc2ccc(-c3cccc(S(=O)(=O)N(C)C)c3)cc2C1. The van der Waals surface area contributed by atoms with E-state index in [1.807, 2.05) is 12.1 Å². The van der Waals surface area contributed by atoms with Crippen molar-refractivity contribution in [3.05, 3.63) is 53.6 Å². The van der Waals surface area contributed by atoms with E-state index in [2.05, 4.69) is 25.1 Å². The van der Waals surface area contributed by atoms with E-state index < -0.39 is 10.0 Å². The maximum Gasteiger partial charge on any atom is 0.242 e. The van der Waals surface area contributed by atoms with Gasteiger partial charge in [0.05, 0.1) is 4.90 Å². The van der Waals surface area contributed by atoms with E-state index in [9.17, 15) is 8.42 Å². The minimum absolute atomic E-state index is 0.337. The number of nitrogens with zero attached hydrogens (tertiary/aromatic N) is 1. The lowest BCUT2D eigenvalue weighted by molar-refractivity contribution is 0.521. The number of fused-ring (bicyclic) bond motifs is 1. The van der Waals surface area contributed by atoms with Crippen LogP contribution < -0.4 is 0 Å². The van der Waals surface area contributed by atoms with E-state index >= 15 is 0 Å². The molecular weight excluding hydrogens is 294 g/mol. The molecule has 0 radical (unpaired) electrons. The summed E-state index contributed by atoms with van der Waals surface area (Å²) in [6.45, 7) is 2.27. The first-order chi connectivity index (χ1) is 10.4. The van der Waals surface area contributed by atoms with Gasteiger partial charge in [0.25, 0.3) is 0 Å². The quantitative estimate of drug-likeness (QED) is 0.871. The zero-order valence-corrected chi connectivity index (χ0v) is 14.0. The molecule has 2 aromatic carbocycles. The molecule has 1 aliphatic carbocycles. The van der Waals surface area contributed by atoms with Gasteiger partial charge in [0.1, 0.15) is 0 Å². The van der Waals surface area contributed by atoms with Crippen molar-refractivity contribution in [1.29, 1.82) is 0 Å². The van der Waals surface area contributed by atoms with E-state index in [0.717, 1.165) is 24.0 Å². The zero-order valence-electron chi connectivity index (χ0n) is 13.2. The van der Waals surface area contributed by atoms with Crippen LogP contribution in [-0.4, -0.2) is 26.8 Å². The van der Waals surface area contributed by atoms with Crippen molar-refractivity contribution < 1.29 is 8.42 Å². The largest absolute Gasteiger partial charge is 0.242 e. The Labute approximate surface area is 132 Å². The van der Waals surface area contributed by atoms with Gasteiger partial charge in [0.15, 0.2) is 0 Å². The molecule has 0 N–H and O–H groups in total. The summed E-state index contributed by atoms with van der Waals surface area (Å²) >= 11 is 0. The summed E-state index contributed by atoms with van der Waals surface area (Å²) < 4.78 is 25.8. The number of rotatable bonds is 3. The fourth-order valence-corrected chi connectivity index (χ4v) is 4.01. The lowest BCUT2D eigenvalue weighted by Crippen LogP contribution is -2.22. The molecule has 0 amide bonds. The number of hydrogen-bond acceptors (Lipinski definition) is 2. The number of sulfonamides is 1. The highest BCUT2D eigenvalue weighted by atomic mass is 32.2. The molecule has 0 saturated carbocycles. The smallest absolute Gasteiger partial charge is 0.207 e. The van der Waals surface area contributed by atoms with Gasteiger partial charge >= 0.3 is 0 Å². The molecule has 0 spiro atoms. The van der Waals surface area contributed by atoms with Crippen LogP contribution in [0.1, 0.15) is 18.1 Å². The van der Waals surface area contributed by atoms with Crippen LogP contribution in [0.25, 0.3) is 11.1 Å². The van der Waals surface area contributed by atoms with Gasteiger partial charge in [0.2, 0.25) is 10.0 Å². The molecule has 3 nitrogen and oxygen atoms in total. The lowest BCUT2D eigenvalue weighted by Gasteiger charge is -2.12. The van der Waals surface area contributed by atoms with Crippen molar-refractivity contribution in [3.8, 4) is 11.1 Å². The Bertz CT molecular complexity index is 810.